The fourth-order valence-corrected chi connectivity index (χ4v) is 1.43. The maximum absolute atomic E-state index is 7.37. The van der Waals surface area contributed by atoms with E-state index in [4.69, 9.17) is 54.4 Å². The zero-order chi connectivity index (χ0) is 12.5. The minimum Gasteiger partial charge on any atom is -0.473 e. The van der Waals surface area contributed by atoms with Crippen LogP contribution in [0.2, 0.25) is 0 Å². The Hall–Kier alpha value is -0.840. The van der Waals surface area contributed by atoms with Crippen molar-refractivity contribution in [1.82, 2.24) is 0 Å². The molecule has 0 spiro atoms. The van der Waals surface area contributed by atoms with Gasteiger partial charge in [0.1, 0.15) is 6.61 Å². The number of fused-ring (bicyclic) bond motifs is 1. The van der Waals surface area contributed by atoms with Crippen LogP contribution in [0.15, 0.2) is 18.2 Å². The number of alkyl halides is 3. The minimum absolute atomic E-state index is 0.128. The number of hydrogen-bond acceptors (Lipinski definition) is 4. The molecule has 0 saturated heterocycles. The highest BCUT2D eigenvalue weighted by Crippen LogP contribution is 2.33. The number of halogens is 3. The summed E-state index contributed by atoms with van der Waals surface area (Å²) >= 11 is 16.4. The van der Waals surface area contributed by atoms with Crippen molar-refractivity contribution in [1.29, 1.82) is 5.41 Å². The summed E-state index contributed by atoms with van der Waals surface area (Å²) < 4.78 is 13.6. The van der Waals surface area contributed by atoms with Crippen molar-refractivity contribution in [2.45, 2.75) is 10.4 Å². The second-order valence-corrected chi connectivity index (χ2v) is 5.58. The molecule has 2 rings (SSSR count). The third-order valence-electron chi connectivity index (χ3n) is 2.08. The van der Waals surface area contributed by atoms with E-state index in [1.165, 1.54) is 0 Å². The Morgan fingerprint density at radius 3 is 2.71 bits per heavy atom. The molecule has 17 heavy (non-hydrogen) atoms. The summed E-state index contributed by atoms with van der Waals surface area (Å²) in [5.74, 6) is 0.914. The van der Waals surface area contributed by atoms with Crippen molar-refractivity contribution in [2.75, 3.05) is 6.79 Å². The maximum atomic E-state index is 7.37. The Balaban J connectivity index is 1.98. The number of rotatable bonds is 2. The second kappa shape index (κ2) is 4.80. The predicted molar refractivity (Wildman–Crippen MR) is 65.4 cm³/mol. The fourth-order valence-electron chi connectivity index (χ4n) is 1.27. The lowest BCUT2D eigenvalue weighted by atomic mass is 10.2. The zero-order valence-corrected chi connectivity index (χ0v) is 10.8. The SMILES string of the molecule is N=C(OCc1ccc2c(c1)OCO2)C(Cl)(Cl)Cl. The van der Waals surface area contributed by atoms with E-state index in [1.54, 1.807) is 18.2 Å². The van der Waals surface area contributed by atoms with Crippen molar-refractivity contribution in [3.8, 4) is 11.5 Å². The van der Waals surface area contributed by atoms with E-state index in [1.807, 2.05) is 0 Å². The first-order valence-electron chi connectivity index (χ1n) is 4.64. The van der Waals surface area contributed by atoms with E-state index < -0.39 is 9.69 Å². The van der Waals surface area contributed by atoms with E-state index >= 15 is 0 Å². The Bertz CT molecular complexity index is 445. The summed E-state index contributed by atoms with van der Waals surface area (Å²) in [6.45, 7) is 0.340. The first-order chi connectivity index (χ1) is 7.97. The van der Waals surface area contributed by atoms with Crippen molar-refractivity contribution in [3.63, 3.8) is 0 Å². The van der Waals surface area contributed by atoms with Gasteiger partial charge in [0.2, 0.25) is 12.7 Å². The Labute approximate surface area is 113 Å². The van der Waals surface area contributed by atoms with E-state index in [9.17, 15) is 0 Å². The third kappa shape index (κ3) is 3.09. The van der Waals surface area contributed by atoms with Crippen LogP contribution in [0.5, 0.6) is 11.5 Å². The van der Waals surface area contributed by atoms with Gasteiger partial charge in [-0.15, -0.1) is 0 Å². The van der Waals surface area contributed by atoms with Gasteiger partial charge in [0.05, 0.1) is 0 Å². The first kappa shape index (κ1) is 12.6. The van der Waals surface area contributed by atoms with E-state index in [0.717, 1.165) is 5.56 Å². The molecule has 0 aliphatic carbocycles. The molecular weight excluding hydrogens is 288 g/mol. The summed E-state index contributed by atoms with van der Waals surface area (Å²) in [6.07, 6.45) is 0. The Morgan fingerprint density at radius 2 is 2.00 bits per heavy atom. The minimum atomic E-state index is -1.84. The van der Waals surface area contributed by atoms with Crippen LogP contribution < -0.4 is 9.47 Å². The molecule has 0 saturated carbocycles. The van der Waals surface area contributed by atoms with Crippen molar-refractivity contribution in [3.05, 3.63) is 23.8 Å². The first-order valence-corrected chi connectivity index (χ1v) is 5.77. The quantitative estimate of drug-likeness (QED) is 0.517. The van der Waals surface area contributed by atoms with Crippen molar-refractivity contribution < 1.29 is 14.2 Å². The lowest BCUT2D eigenvalue weighted by molar-refractivity contribution is 0.174. The molecule has 0 aromatic heterocycles. The van der Waals surface area contributed by atoms with Gasteiger partial charge in [0, 0.05) is 0 Å². The summed E-state index contributed by atoms with van der Waals surface area (Å²) in [5.41, 5.74) is 0.799. The standard InChI is InChI=1S/C10H8Cl3NO3/c11-10(12,13)9(14)15-4-6-1-2-7-8(3-6)17-5-16-7/h1-3,14H,4-5H2. The van der Waals surface area contributed by atoms with Gasteiger partial charge in [-0.1, -0.05) is 40.9 Å². The molecule has 1 aliphatic heterocycles. The van der Waals surface area contributed by atoms with Gasteiger partial charge in [-0.2, -0.15) is 0 Å². The van der Waals surface area contributed by atoms with Crippen LogP contribution in [0.3, 0.4) is 0 Å². The van der Waals surface area contributed by atoms with Gasteiger partial charge in [-0.3, -0.25) is 5.41 Å². The smallest absolute Gasteiger partial charge is 0.265 e. The molecule has 1 aromatic rings. The molecule has 0 amide bonds. The van der Waals surface area contributed by atoms with Crippen LogP contribution in [0.1, 0.15) is 5.56 Å². The van der Waals surface area contributed by atoms with E-state index in [0.29, 0.717) is 11.5 Å². The number of ether oxygens (including phenoxy) is 3. The molecule has 0 bridgehead atoms. The summed E-state index contributed by atoms with van der Waals surface area (Å²) in [4.78, 5) is 0. The van der Waals surface area contributed by atoms with Gasteiger partial charge in [0.15, 0.2) is 11.5 Å². The molecule has 7 heteroatoms. The highest BCUT2D eigenvalue weighted by Gasteiger charge is 2.28. The monoisotopic (exact) mass is 295 g/mol. The molecule has 1 aromatic carbocycles. The molecule has 92 valence electrons. The summed E-state index contributed by atoms with van der Waals surface area (Å²) in [5, 5.41) is 7.37. The number of hydrogen-bond donors (Lipinski definition) is 1. The molecule has 0 fully saturated rings. The molecule has 1 aliphatic rings. The average Bonchev–Trinajstić information content (AvgIpc) is 2.71. The molecule has 0 atom stereocenters. The van der Waals surface area contributed by atoms with Crippen LogP contribution in [0.25, 0.3) is 0 Å². The van der Waals surface area contributed by atoms with Gasteiger partial charge in [-0.25, -0.2) is 0 Å². The topological polar surface area (TPSA) is 51.5 Å². The lowest BCUT2D eigenvalue weighted by Gasteiger charge is -2.13. The molecule has 0 unspecified atom stereocenters. The molecule has 1 N–H and O–H groups in total. The van der Waals surface area contributed by atoms with Gasteiger partial charge < -0.3 is 14.2 Å². The van der Waals surface area contributed by atoms with Crippen LogP contribution >= 0.6 is 34.8 Å². The second-order valence-electron chi connectivity index (χ2n) is 3.30. The van der Waals surface area contributed by atoms with Crippen LogP contribution in [0, 0.1) is 5.41 Å². The molecule has 1 heterocycles. The van der Waals surface area contributed by atoms with Gasteiger partial charge >= 0.3 is 0 Å². The lowest BCUT2D eigenvalue weighted by Crippen LogP contribution is -2.20. The largest absolute Gasteiger partial charge is 0.473 e. The van der Waals surface area contributed by atoms with Crippen LogP contribution in [-0.4, -0.2) is 16.5 Å². The van der Waals surface area contributed by atoms with Crippen molar-refractivity contribution >= 4 is 40.7 Å². The molecule has 0 radical (unpaired) electrons. The maximum Gasteiger partial charge on any atom is 0.265 e. The normalized spacial score (nSPS) is 13.6. The highest BCUT2D eigenvalue weighted by atomic mass is 35.6. The average molecular weight is 297 g/mol. The van der Waals surface area contributed by atoms with Crippen LogP contribution in [-0.2, 0) is 11.3 Å². The molecule has 4 nitrogen and oxygen atoms in total. The predicted octanol–water partition coefficient (Wildman–Crippen LogP) is 3.28. The third-order valence-corrected chi connectivity index (χ3v) is 2.59. The zero-order valence-electron chi connectivity index (χ0n) is 8.50. The Kier molecular flexibility index (Phi) is 3.56. The molecular formula is C10H8Cl3NO3. The summed E-state index contributed by atoms with van der Waals surface area (Å²) in [6, 6.07) is 5.31. The highest BCUT2D eigenvalue weighted by molar-refractivity contribution is 6.76. The van der Waals surface area contributed by atoms with Gasteiger partial charge in [-0.05, 0) is 17.7 Å². The van der Waals surface area contributed by atoms with Crippen LogP contribution in [0.4, 0.5) is 0 Å². The van der Waals surface area contributed by atoms with E-state index in [2.05, 4.69) is 0 Å². The summed E-state index contributed by atoms with van der Waals surface area (Å²) in [7, 11) is 0. The Morgan fingerprint density at radius 1 is 1.29 bits per heavy atom. The number of benzene rings is 1. The van der Waals surface area contributed by atoms with E-state index in [-0.39, 0.29) is 13.4 Å². The van der Waals surface area contributed by atoms with Gasteiger partial charge in [0.25, 0.3) is 3.79 Å². The van der Waals surface area contributed by atoms with Crippen molar-refractivity contribution in [2.24, 2.45) is 0 Å². The number of nitrogens with one attached hydrogen (secondary N) is 1. The fraction of sp³-hybridized carbons (Fsp3) is 0.300.